The topological polar surface area (TPSA) is 104 Å². The van der Waals surface area contributed by atoms with Crippen LogP contribution in [-0.2, 0) is 20.5 Å². The van der Waals surface area contributed by atoms with E-state index in [9.17, 15) is 37.7 Å². The van der Waals surface area contributed by atoms with Crippen molar-refractivity contribution in [1.82, 2.24) is 0 Å². The van der Waals surface area contributed by atoms with Crippen molar-refractivity contribution in [2.45, 2.75) is 45.4 Å². The molecule has 1 unspecified atom stereocenters. The van der Waals surface area contributed by atoms with Crippen LogP contribution in [0.15, 0.2) is 18.2 Å². The largest absolute Gasteiger partial charge is 0.459 e. The Morgan fingerprint density at radius 1 is 1.18 bits per heavy atom. The first-order valence-electron chi connectivity index (χ1n) is 8.39. The number of ketones is 2. The zero-order valence-electron chi connectivity index (χ0n) is 15.3. The molecule has 0 saturated heterocycles. The van der Waals surface area contributed by atoms with E-state index in [0.717, 1.165) is 0 Å². The van der Waals surface area contributed by atoms with Crippen LogP contribution >= 0.6 is 0 Å². The number of hydrogen-bond acceptors (Lipinski definition) is 6. The number of ether oxygens (including phenoxy) is 1. The molecule has 0 heterocycles. The Labute approximate surface area is 158 Å². The number of benzene rings is 1. The van der Waals surface area contributed by atoms with Gasteiger partial charge in [0.25, 0.3) is 5.69 Å². The van der Waals surface area contributed by atoms with Gasteiger partial charge in [-0.05, 0) is 45.7 Å². The molecule has 1 aromatic carbocycles. The first-order chi connectivity index (χ1) is 12.7. The summed E-state index contributed by atoms with van der Waals surface area (Å²) in [6, 6.07) is 1.32. The number of hydrogen-bond donors (Lipinski definition) is 0. The normalized spacial score (nSPS) is 15.6. The minimum absolute atomic E-state index is 0.209. The van der Waals surface area contributed by atoms with Crippen molar-refractivity contribution in [3.05, 3.63) is 39.4 Å². The molecule has 0 bridgehead atoms. The van der Waals surface area contributed by atoms with Gasteiger partial charge in [0.1, 0.15) is 5.60 Å². The van der Waals surface area contributed by atoms with Crippen molar-refractivity contribution in [1.29, 1.82) is 0 Å². The van der Waals surface area contributed by atoms with Crippen LogP contribution in [0.2, 0.25) is 0 Å². The minimum atomic E-state index is -4.86. The summed E-state index contributed by atoms with van der Waals surface area (Å²) in [5, 5.41) is 11.2. The van der Waals surface area contributed by atoms with E-state index < -0.39 is 62.9 Å². The van der Waals surface area contributed by atoms with E-state index >= 15 is 0 Å². The Morgan fingerprint density at radius 2 is 1.75 bits per heavy atom. The molecule has 7 nitrogen and oxygen atoms in total. The fourth-order valence-corrected chi connectivity index (χ4v) is 2.54. The minimum Gasteiger partial charge on any atom is -0.459 e. The highest BCUT2D eigenvalue weighted by Gasteiger charge is 2.46. The fourth-order valence-electron chi connectivity index (χ4n) is 2.54. The molecule has 0 spiro atoms. The van der Waals surface area contributed by atoms with Gasteiger partial charge >= 0.3 is 12.1 Å². The lowest BCUT2D eigenvalue weighted by molar-refractivity contribution is -0.385. The van der Waals surface area contributed by atoms with Crippen LogP contribution in [0.1, 0.15) is 49.5 Å². The molecular formula is C18H18F3NO6. The van der Waals surface area contributed by atoms with Crippen molar-refractivity contribution >= 4 is 23.2 Å². The maximum Gasteiger partial charge on any atom is 0.416 e. The summed E-state index contributed by atoms with van der Waals surface area (Å²) in [6.07, 6.45) is -3.94. The second-order valence-corrected chi connectivity index (χ2v) is 7.49. The van der Waals surface area contributed by atoms with E-state index in [-0.39, 0.29) is 6.07 Å². The molecule has 0 radical (unpaired) electrons. The highest BCUT2D eigenvalue weighted by atomic mass is 19.4. The average Bonchev–Trinajstić information content (AvgIpc) is 3.36. The Bertz CT molecular complexity index is 837. The SMILES string of the molecule is CC(C)(C)OC(=O)C(C(=O)c1ccc(C(F)(F)F)cc1[N+](=O)[O-])C(=O)C1CC1. The Balaban J connectivity index is 2.50. The zero-order valence-corrected chi connectivity index (χ0v) is 15.3. The molecule has 152 valence electrons. The quantitative estimate of drug-likeness (QED) is 0.237. The van der Waals surface area contributed by atoms with E-state index in [0.29, 0.717) is 25.0 Å². The van der Waals surface area contributed by atoms with Crippen molar-refractivity contribution in [2.75, 3.05) is 0 Å². The van der Waals surface area contributed by atoms with Crippen molar-refractivity contribution in [3.63, 3.8) is 0 Å². The van der Waals surface area contributed by atoms with Crippen LogP contribution in [0.4, 0.5) is 18.9 Å². The monoisotopic (exact) mass is 401 g/mol. The van der Waals surface area contributed by atoms with Gasteiger partial charge in [0.2, 0.25) is 0 Å². The summed E-state index contributed by atoms with van der Waals surface area (Å²) in [6.45, 7) is 4.53. The molecule has 0 N–H and O–H groups in total. The van der Waals surface area contributed by atoms with Crippen LogP contribution in [0.5, 0.6) is 0 Å². The number of nitro benzene ring substituents is 1. The summed E-state index contributed by atoms with van der Waals surface area (Å²) < 4.78 is 43.6. The molecule has 1 saturated carbocycles. The number of rotatable bonds is 6. The molecule has 2 rings (SSSR count). The summed E-state index contributed by atoms with van der Waals surface area (Å²) >= 11 is 0. The van der Waals surface area contributed by atoms with E-state index in [1.165, 1.54) is 20.8 Å². The molecule has 0 aromatic heterocycles. The lowest BCUT2D eigenvalue weighted by Gasteiger charge is -2.23. The van der Waals surface area contributed by atoms with Gasteiger partial charge in [-0.3, -0.25) is 24.5 Å². The van der Waals surface area contributed by atoms with E-state index in [1.807, 2.05) is 0 Å². The number of Topliss-reactive ketones (excluding diaryl/α,β-unsaturated/α-hetero) is 2. The third-order valence-corrected chi connectivity index (χ3v) is 3.96. The van der Waals surface area contributed by atoms with E-state index in [4.69, 9.17) is 4.74 Å². The van der Waals surface area contributed by atoms with Crippen LogP contribution in [0.3, 0.4) is 0 Å². The maximum absolute atomic E-state index is 12.8. The number of nitrogens with zero attached hydrogens (tertiary/aromatic N) is 1. The second kappa shape index (κ2) is 7.33. The Hall–Kier alpha value is -2.78. The average molecular weight is 401 g/mol. The summed E-state index contributed by atoms with van der Waals surface area (Å²) in [5.41, 5.74) is -4.23. The van der Waals surface area contributed by atoms with Crippen LogP contribution in [0.25, 0.3) is 0 Å². The summed E-state index contributed by atoms with van der Waals surface area (Å²) in [5.74, 6) is -5.67. The maximum atomic E-state index is 12.8. The predicted molar refractivity (Wildman–Crippen MR) is 89.5 cm³/mol. The predicted octanol–water partition coefficient (Wildman–Crippen LogP) is 3.73. The van der Waals surface area contributed by atoms with Crippen LogP contribution < -0.4 is 0 Å². The standard InChI is InChI=1S/C18H18F3NO6/c1-17(2,3)28-16(25)13(14(23)9-4-5-9)15(24)11-7-6-10(18(19,20)21)8-12(11)22(26)27/h6-9,13H,4-5H2,1-3H3. The van der Waals surface area contributed by atoms with Crippen molar-refractivity contribution in [2.24, 2.45) is 11.8 Å². The van der Waals surface area contributed by atoms with Gasteiger partial charge in [0.05, 0.1) is 16.1 Å². The van der Waals surface area contributed by atoms with Crippen LogP contribution in [-0.4, -0.2) is 28.1 Å². The zero-order chi connectivity index (χ0) is 21.4. The molecule has 28 heavy (non-hydrogen) atoms. The molecule has 0 aliphatic heterocycles. The van der Waals surface area contributed by atoms with Crippen molar-refractivity contribution in [3.8, 4) is 0 Å². The number of alkyl halides is 3. The summed E-state index contributed by atoms with van der Waals surface area (Å²) in [4.78, 5) is 47.8. The number of esters is 1. The molecule has 1 aromatic rings. The highest BCUT2D eigenvalue weighted by Crippen LogP contribution is 2.37. The Morgan fingerprint density at radius 3 is 2.18 bits per heavy atom. The van der Waals surface area contributed by atoms with Gasteiger partial charge in [0, 0.05) is 12.0 Å². The number of carbonyl (C=O) groups is 3. The van der Waals surface area contributed by atoms with Gasteiger partial charge in [-0.15, -0.1) is 0 Å². The molecule has 0 amide bonds. The summed E-state index contributed by atoms with van der Waals surface area (Å²) in [7, 11) is 0. The first kappa shape index (κ1) is 21.5. The Kier molecular flexibility index (Phi) is 5.63. The molecule has 1 atom stereocenters. The third-order valence-electron chi connectivity index (χ3n) is 3.96. The first-order valence-corrected chi connectivity index (χ1v) is 8.39. The fraction of sp³-hybridized carbons (Fsp3) is 0.500. The van der Waals surface area contributed by atoms with Gasteiger partial charge in [-0.25, -0.2) is 0 Å². The van der Waals surface area contributed by atoms with Gasteiger partial charge < -0.3 is 4.74 Å². The van der Waals surface area contributed by atoms with Crippen molar-refractivity contribution < 1.29 is 37.2 Å². The van der Waals surface area contributed by atoms with E-state index in [1.54, 1.807) is 0 Å². The molecule has 1 aliphatic carbocycles. The third kappa shape index (κ3) is 4.93. The number of nitro groups is 1. The van der Waals surface area contributed by atoms with Gasteiger partial charge in [-0.2, -0.15) is 13.2 Å². The lowest BCUT2D eigenvalue weighted by atomic mass is 9.89. The molecule has 1 fully saturated rings. The van der Waals surface area contributed by atoms with E-state index in [2.05, 4.69) is 0 Å². The molecule has 10 heteroatoms. The highest BCUT2D eigenvalue weighted by molar-refractivity contribution is 6.24. The molecule has 1 aliphatic rings. The lowest BCUT2D eigenvalue weighted by Crippen LogP contribution is -2.38. The van der Waals surface area contributed by atoms with Crippen LogP contribution in [0, 0.1) is 22.0 Å². The number of carbonyl (C=O) groups excluding carboxylic acids is 3. The van der Waals surface area contributed by atoms with Gasteiger partial charge in [-0.1, -0.05) is 0 Å². The smallest absolute Gasteiger partial charge is 0.416 e. The number of halogens is 3. The molecular weight excluding hydrogens is 383 g/mol. The van der Waals surface area contributed by atoms with Gasteiger partial charge in [0.15, 0.2) is 17.5 Å². The second-order valence-electron chi connectivity index (χ2n) is 7.49.